The average Bonchev–Trinajstić information content (AvgIpc) is 2.76. The summed E-state index contributed by atoms with van der Waals surface area (Å²) in [5.74, 6) is -0.502. The van der Waals surface area contributed by atoms with Gasteiger partial charge in [0.2, 0.25) is 0 Å². The maximum Gasteiger partial charge on any atom is 0.436 e. The van der Waals surface area contributed by atoms with Crippen LogP contribution in [0.25, 0.3) is 0 Å². The molecule has 1 atom stereocenters. The lowest BCUT2D eigenvalue weighted by molar-refractivity contribution is -0.143. The maximum atomic E-state index is 14.0. The second-order valence-corrected chi connectivity index (χ2v) is 5.74. The van der Waals surface area contributed by atoms with Crippen molar-refractivity contribution < 1.29 is 17.6 Å². The molecule has 0 bridgehead atoms. The summed E-state index contributed by atoms with van der Waals surface area (Å²) in [7, 11) is 0. The monoisotopic (exact) mass is 330 g/mol. The summed E-state index contributed by atoms with van der Waals surface area (Å²) in [6.45, 7) is 2.19. The highest BCUT2D eigenvalue weighted by atomic mass is 19.4. The second-order valence-electron chi connectivity index (χ2n) is 5.74. The zero-order valence-electron chi connectivity index (χ0n) is 12.3. The fourth-order valence-electron chi connectivity index (χ4n) is 2.69. The van der Waals surface area contributed by atoms with Gasteiger partial charge in [0.15, 0.2) is 11.5 Å². The lowest BCUT2D eigenvalue weighted by atomic mass is 10.0. The molecule has 0 amide bonds. The van der Waals surface area contributed by atoms with Gasteiger partial charge in [-0.2, -0.15) is 18.3 Å². The summed E-state index contributed by atoms with van der Waals surface area (Å²) in [6, 6.07) is 1.12. The molecule has 0 aromatic carbocycles. The minimum Gasteiger partial charge on any atom is -0.279 e. The highest BCUT2D eigenvalue weighted by Gasteiger charge is 2.37. The van der Waals surface area contributed by atoms with Gasteiger partial charge >= 0.3 is 11.9 Å². The molecule has 0 saturated carbocycles. The minimum absolute atomic E-state index is 0.266. The van der Waals surface area contributed by atoms with Crippen molar-refractivity contribution in [2.75, 3.05) is 0 Å². The van der Waals surface area contributed by atoms with Crippen LogP contribution >= 0.6 is 0 Å². The summed E-state index contributed by atoms with van der Waals surface area (Å²) in [6.07, 6.45) is -2.55. The Labute approximate surface area is 128 Å². The molecule has 5 nitrogen and oxygen atoms in total. The molecule has 2 aromatic rings. The second kappa shape index (κ2) is 5.47. The fraction of sp³-hybridized carbons (Fsp3) is 0.500. The number of alkyl halides is 3. The zero-order chi connectivity index (χ0) is 16.8. The third-order valence-electron chi connectivity index (χ3n) is 3.93. The normalized spacial score (nSPS) is 18.0. The predicted octanol–water partition coefficient (Wildman–Crippen LogP) is 2.23. The molecule has 2 aromatic heterocycles. The smallest absolute Gasteiger partial charge is 0.279 e. The van der Waals surface area contributed by atoms with Crippen molar-refractivity contribution in [1.82, 2.24) is 19.3 Å². The molecule has 9 heteroatoms. The van der Waals surface area contributed by atoms with E-state index in [4.69, 9.17) is 0 Å². The van der Waals surface area contributed by atoms with E-state index in [1.54, 1.807) is 0 Å². The van der Waals surface area contributed by atoms with Crippen LogP contribution in [0.1, 0.15) is 30.4 Å². The SMILES string of the molecule is C[C@@H]1CCn2c(nn(Cc3ccnc(C(F)(F)F)c3F)c2=O)C1. The number of hydrogen-bond donors (Lipinski definition) is 0. The number of nitrogens with zero attached hydrogens (tertiary/aromatic N) is 4. The molecule has 0 aliphatic carbocycles. The molecule has 23 heavy (non-hydrogen) atoms. The van der Waals surface area contributed by atoms with Crippen molar-refractivity contribution in [2.24, 2.45) is 5.92 Å². The third-order valence-corrected chi connectivity index (χ3v) is 3.93. The molecule has 0 N–H and O–H groups in total. The Kier molecular flexibility index (Phi) is 3.73. The first-order valence-electron chi connectivity index (χ1n) is 7.14. The number of aromatic nitrogens is 4. The van der Waals surface area contributed by atoms with E-state index in [-0.39, 0.29) is 12.1 Å². The van der Waals surface area contributed by atoms with Crippen molar-refractivity contribution >= 4 is 0 Å². The Balaban J connectivity index is 1.96. The Morgan fingerprint density at radius 3 is 2.83 bits per heavy atom. The van der Waals surface area contributed by atoms with Gasteiger partial charge in [0, 0.05) is 24.7 Å². The van der Waals surface area contributed by atoms with Crippen molar-refractivity contribution in [2.45, 2.75) is 39.0 Å². The molecule has 0 fully saturated rings. The van der Waals surface area contributed by atoms with Crippen molar-refractivity contribution in [3.8, 4) is 0 Å². The number of pyridine rings is 1. The standard InChI is InChI=1S/C14H14F4N4O/c1-8-3-5-21-10(6-8)20-22(13(21)23)7-9-2-4-19-12(11(9)15)14(16,17)18/h2,4,8H,3,5-7H2,1H3/t8-/m1/s1. The Bertz CT molecular complexity index is 793. The number of fused-ring (bicyclic) bond motifs is 1. The maximum absolute atomic E-state index is 14.0. The molecule has 1 aliphatic heterocycles. The van der Waals surface area contributed by atoms with Crippen LogP contribution in [0.5, 0.6) is 0 Å². The van der Waals surface area contributed by atoms with Gasteiger partial charge in [-0.25, -0.2) is 18.9 Å². The predicted molar refractivity (Wildman–Crippen MR) is 72.3 cm³/mol. The first-order valence-corrected chi connectivity index (χ1v) is 7.14. The molecule has 124 valence electrons. The molecule has 0 unspecified atom stereocenters. The summed E-state index contributed by atoms with van der Waals surface area (Å²) in [5, 5.41) is 4.13. The van der Waals surface area contributed by atoms with E-state index >= 15 is 0 Å². The Morgan fingerprint density at radius 2 is 2.13 bits per heavy atom. The molecule has 0 spiro atoms. The zero-order valence-corrected chi connectivity index (χ0v) is 12.3. The van der Waals surface area contributed by atoms with Gasteiger partial charge in [0.05, 0.1) is 6.54 Å². The van der Waals surface area contributed by atoms with Gasteiger partial charge < -0.3 is 0 Å². The average molecular weight is 330 g/mol. The topological polar surface area (TPSA) is 52.7 Å². The van der Waals surface area contributed by atoms with Crippen LogP contribution in [0.2, 0.25) is 0 Å². The van der Waals surface area contributed by atoms with Crippen LogP contribution in [0, 0.1) is 11.7 Å². The van der Waals surface area contributed by atoms with Gasteiger partial charge in [-0.15, -0.1) is 0 Å². The molecule has 1 aliphatic rings. The molecular formula is C14H14F4N4O. The summed E-state index contributed by atoms with van der Waals surface area (Å²) < 4.78 is 54.5. The van der Waals surface area contributed by atoms with E-state index in [0.717, 1.165) is 23.4 Å². The molecule has 0 saturated heterocycles. The van der Waals surface area contributed by atoms with Crippen LogP contribution in [-0.2, 0) is 25.7 Å². The van der Waals surface area contributed by atoms with Crippen LogP contribution in [-0.4, -0.2) is 19.3 Å². The third kappa shape index (κ3) is 2.87. The Hall–Kier alpha value is -2.19. The van der Waals surface area contributed by atoms with Gasteiger partial charge in [-0.1, -0.05) is 6.92 Å². The van der Waals surface area contributed by atoms with Crippen molar-refractivity contribution in [3.63, 3.8) is 0 Å². The van der Waals surface area contributed by atoms with E-state index in [1.807, 2.05) is 6.92 Å². The summed E-state index contributed by atoms with van der Waals surface area (Å²) in [4.78, 5) is 15.3. The lowest BCUT2D eigenvalue weighted by Gasteiger charge is -2.17. The quantitative estimate of drug-likeness (QED) is 0.794. The molecule has 0 radical (unpaired) electrons. The number of rotatable bonds is 2. The van der Waals surface area contributed by atoms with E-state index in [1.165, 1.54) is 4.57 Å². The fourth-order valence-corrected chi connectivity index (χ4v) is 2.69. The molecule has 3 heterocycles. The highest BCUT2D eigenvalue weighted by molar-refractivity contribution is 5.21. The van der Waals surface area contributed by atoms with Gasteiger partial charge in [-0.3, -0.25) is 4.57 Å². The number of halogens is 4. The van der Waals surface area contributed by atoms with Crippen LogP contribution < -0.4 is 5.69 Å². The lowest BCUT2D eigenvalue weighted by Crippen LogP contribution is -2.29. The van der Waals surface area contributed by atoms with E-state index < -0.39 is 23.4 Å². The van der Waals surface area contributed by atoms with E-state index in [9.17, 15) is 22.4 Å². The summed E-state index contributed by atoms with van der Waals surface area (Å²) in [5.41, 5.74) is -2.28. The van der Waals surface area contributed by atoms with Gasteiger partial charge in [0.25, 0.3) is 0 Å². The first-order chi connectivity index (χ1) is 10.8. The molecular weight excluding hydrogens is 316 g/mol. The van der Waals surface area contributed by atoms with Crippen LogP contribution in [0.15, 0.2) is 17.1 Å². The minimum atomic E-state index is -4.88. The van der Waals surface area contributed by atoms with E-state index in [2.05, 4.69) is 10.1 Å². The van der Waals surface area contributed by atoms with Crippen LogP contribution in [0.3, 0.4) is 0 Å². The summed E-state index contributed by atoms with van der Waals surface area (Å²) >= 11 is 0. The molecule has 3 rings (SSSR count). The van der Waals surface area contributed by atoms with Gasteiger partial charge in [0.1, 0.15) is 5.82 Å². The van der Waals surface area contributed by atoms with Gasteiger partial charge in [-0.05, 0) is 18.4 Å². The largest absolute Gasteiger partial charge is 0.436 e. The van der Waals surface area contributed by atoms with Crippen molar-refractivity contribution in [3.05, 3.63) is 45.6 Å². The number of hydrogen-bond acceptors (Lipinski definition) is 3. The van der Waals surface area contributed by atoms with Crippen molar-refractivity contribution in [1.29, 1.82) is 0 Å². The van der Waals surface area contributed by atoms with E-state index in [0.29, 0.717) is 24.7 Å². The Morgan fingerprint density at radius 1 is 1.39 bits per heavy atom. The highest BCUT2D eigenvalue weighted by Crippen LogP contribution is 2.30. The first kappa shape index (κ1) is 15.7. The van der Waals surface area contributed by atoms with Crippen LogP contribution in [0.4, 0.5) is 17.6 Å².